The molecule has 0 aromatic heterocycles. The molecule has 1 aliphatic heterocycles. The third-order valence-corrected chi connectivity index (χ3v) is 3.33. The van der Waals surface area contributed by atoms with Crippen LogP contribution in [0.1, 0.15) is 71.1 Å². The van der Waals surface area contributed by atoms with Gasteiger partial charge < -0.3 is 4.74 Å². The predicted molar refractivity (Wildman–Crippen MR) is 66.6 cm³/mol. The fourth-order valence-electron chi connectivity index (χ4n) is 2.23. The van der Waals surface area contributed by atoms with Crippen LogP contribution in [0, 0.1) is 0 Å². The molecule has 0 aromatic carbocycles. The normalized spacial score (nSPS) is 20.9. The van der Waals surface area contributed by atoms with Crippen LogP contribution >= 0.6 is 0 Å². The molecule has 1 fully saturated rings. The highest BCUT2D eigenvalue weighted by Gasteiger charge is 2.14. The summed E-state index contributed by atoms with van der Waals surface area (Å²) in [5.74, 6) is 0.435. The molecule has 94 valence electrons. The smallest absolute Gasteiger partial charge is 0.133 e. The molecule has 1 heterocycles. The van der Waals surface area contributed by atoms with Crippen molar-refractivity contribution in [2.24, 2.45) is 0 Å². The van der Waals surface area contributed by atoms with Crippen molar-refractivity contribution in [2.75, 3.05) is 6.61 Å². The van der Waals surface area contributed by atoms with Gasteiger partial charge in [-0.2, -0.15) is 0 Å². The predicted octanol–water partition coefficient (Wildman–Crippen LogP) is 3.88. The minimum absolute atomic E-state index is 0.369. The standard InChI is InChI=1S/C14H26O2/c1-2-3-4-5-8-13(15)10-11-14-9-6-7-12-16-14/h14H,2-12H2,1H3. The Morgan fingerprint density at radius 3 is 2.75 bits per heavy atom. The van der Waals surface area contributed by atoms with E-state index in [9.17, 15) is 4.79 Å². The second-order valence-corrected chi connectivity index (χ2v) is 4.88. The summed E-state index contributed by atoms with van der Waals surface area (Å²) in [6.45, 7) is 3.09. The van der Waals surface area contributed by atoms with E-state index in [1.54, 1.807) is 0 Å². The zero-order valence-corrected chi connectivity index (χ0v) is 10.7. The lowest BCUT2D eigenvalue weighted by atomic mass is 10.0. The molecule has 2 nitrogen and oxygen atoms in total. The fourth-order valence-corrected chi connectivity index (χ4v) is 2.23. The summed E-state index contributed by atoms with van der Waals surface area (Å²) in [6, 6.07) is 0. The van der Waals surface area contributed by atoms with Crippen LogP contribution in [0.5, 0.6) is 0 Å². The SMILES string of the molecule is CCCCCCC(=O)CCC1CCCCO1. The Morgan fingerprint density at radius 2 is 2.06 bits per heavy atom. The van der Waals surface area contributed by atoms with Crippen LogP contribution < -0.4 is 0 Å². The average Bonchev–Trinajstić information content (AvgIpc) is 2.33. The Morgan fingerprint density at radius 1 is 1.19 bits per heavy atom. The van der Waals surface area contributed by atoms with Gasteiger partial charge in [0.25, 0.3) is 0 Å². The zero-order chi connectivity index (χ0) is 11.6. The van der Waals surface area contributed by atoms with Crippen LogP contribution in [0.3, 0.4) is 0 Å². The summed E-state index contributed by atoms with van der Waals surface area (Å²) in [5, 5.41) is 0. The summed E-state index contributed by atoms with van der Waals surface area (Å²) < 4.78 is 5.62. The molecule has 1 unspecified atom stereocenters. The number of unbranched alkanes of at least 4 members (excludes halogenated alkanes) is 3. The van der Waals surface area contributed by atoms with Crippen molar-refractivity contribution in [2.45, 2.75) is 77.2 Å². The van der Waals surface area contributed by atoms with Crippen molar-refractivity contribution in [3.8, 4) is 0 Å². The van der Waals surface area contributed by atoms with Gasteiger partial charge >= 0.3 is 0 Å². The number of carbonyl (C=O) groups is 1. The number of ether oxygens (including phenoxy) is 1. The number of Topliss-reactive ketones (excluding diaryl/α,β-unsaturated/α-hetero) is 1. The molecule has 0 N–H and O–H groups in total. The molecule has 0 aliphatic carbocycles. The van der Waals surface area contributed by atoms with E-state index in [1.807, 2.05) is 0 Å². The summed E-state index contributed by atoms with van der Waals surface area (Å²) in [4.78, 5) is 11.6. The van der Waals surface area contributed by atoms with Gasteiger partial charge in [0.1, 0.15) is 5.78 Å². The van der Waals surface area contributed by atoms with Crippen LogP contribution in [0.25, 0.3) is 0 Å². The molecule has 16 heavy (non-hydrogen) atoms. The molecule has 0 saturated carbocycles. The van der Waals surface area contributed by atoms with Gasteiger partial charge in [-0.25, -0.2) is 0 Å². The number of rotatable bonds is 8. The zero-order valence-electron chi connectivity index (χ0n) is 10.7. The Balaban J connectivity index is 1.96. The van der Waals surface area contributed by atoms with E-state index in [1.165, 1.54) is 32.1 Å². The van der Waals surface area contributed by atoms with Crippen molar-refractivity contribution in [3.05, 3.63) is 0 Å². The molecule has 0 radical (unpaired) electrons. The lowest BCUT2D eigenvalue weighted by Gasteiger charge is -2.22. The van der Waals surface area contributed by atoms with Crippen molar-refractivity contribution in [1.82, 2.24) is 0 Å². The molecule has 0 bridgehead atoms. The molecule has 1 rings (SSSR count). The van der Waals surface area contributed by atoms with Gasteiger partial charge in [0, 0.05) is 19.4 Å². The van der Waals surface area contributed by atoms with E-state index in [-0.39, 0.29) is 0 Å². The van der Waals surface area contributed by atoms with E-state index in [0.29, 0.717) is 11.9 Å². The molecule has 0 spiro atoms. The molecule has 1 aliphatic rings. The van der Waals surface area contributed by atoms with Gasteiger partial charge in [-0.3, -0.25) is 4.79 Å². The topological polar surface area (TPSA) is 26.3 Å². The first-order valence-corrected chi connectivity index (χ1v) is 6.96. The first kappa shape index (κ1) is 13.7. The maximum atomic E-state index is 11.6. The third kappa shape index (κ3) is 6.26. The first-order chi connectivity index (χ1) is 7.83. The highest BCUT2D eigenvalue weighted by molar-refractivity contribution is 5.78. The lowest BCUT2D eigenvalue weighted by molar-refractivity contribution is -0.120. The number of hydrogen-bond donors (Lipinski definition) is 0. The average molecular weight is 226 g/mol. The van der Waals surface area contributed by atoms with Gasteiger partial charge in [0.15, 0.2) is 0 Å². The molecular formula is C14H26O2. The number of carbonyl (C=O) groups excluding carboxylic acids is 1. The lowest BCUT2D eigenvalue weighted by Crippen LogP contribution is -2.19. The van der Waals surface area contributed by atoms with E-state index in [2.05, 4.69) is 6.92 Å². The molecule has 0 aromatic rings. The molecule has 0 amide bonds. The Kier molecular flexibility index (Phi) is 7.48. The van der Waals surface area contributed by atoms with Gasteiger partial charge in [-0.05, 0) is 32.1 Å². The summed E-state index contributed by atoms with van der Waals surface area (Å²) in [5.41, 5.74) is 0. The van der Waals surface area contributed by atoms with Crippen molar-refractivity contribution < 1.29 is 9.53 Å². The van der Waals surface area contributed by atoms with E-state index in [4.69, 9.17) is 4.74 Å². The van der Waals surface area contributed by atoms with Crippen LogP contribution in [-0.2, 0) is 9.53 Å². The molecule has 1 saturated heterocycles. The van der Waals surface area contributed by atoms with E-state index < -0.39 is 0 Å². The number of ketones is 1. The Bertz CT molecular complexity index is 183. The van der Waals surface area contributed by atoms with Gasteiger partial charge in [0.05, 0.1) is 6.10 Å². The van der Waals surface area contributed by atoms with Crippen molar-refractivity contribution in [1.29, 1.82) is 0 Å². The van der Waals surface area contributed by atoms with Crippen LogP contribution in [0.4, 0.5) is 0 Å². The Labute approximate surface area is 99.8 Å². The summed E-state index contributed by atoms with van der Waals surface area (Å²) in [6.07, 6.45) is 11.3. The van der Waals surface area contributed by atoms with Gasteiger partial charge in [0.2, 0.25) is 0 Å². The Hall–Kier alpha value is -0.370. The van der Waals surface area contributed by atoms with Crippen LogP contribution in [-0.4, -0.2) is 18.5 Å². The third-order valence-electron chi connectivity index (χ3n) is 3.33. The molecular weight excluding hydrogens is 200 g/mol. The molecule has 1 atom stereocenters. The summed E-state index contributed by atoms with van der Waals surface area (Å²) in [7, 11) is 0. The maximum Gasteiger partial charge on any atom is 0.133 e. The van der Waals surface area contributed by atoms with E-state index in [0.717, 1.165) is 38.7 Å². The highest BCUT2D eigenvalue weighted by atomic mass is 16.5. The van der Waals surface area contributed by atoms with Crippen LogP contribution in [0.15, 0.2) is 0 Å². The molecule has 2 heteroatoms. The largest absolute Gasteiger partial charge is 0.378 e. The van der Waals surface area contributed by atoms with Crippen LogP contribution in [0.2, 0.25) is 0 Å². The summed E-state index contributed by atoms with van der Waals surface area (Å²) >= 11 is 0. The minimum Gasteiger partial charge on any atom is -0.378 e. The van der Waals surface area contributed by atoms with Gasteiger partial charge in [-0.1, -0.05) is 26.2 Å². The monoisotopic (exact) mass is 226 g/mol. The second kappa shape index (κ2) is 8.74. The van der Waals surface area contributed by atoms with Crippen molar-refractivity contribution in [3.63, 3.8) is 0 Å². The fraction of sp³-hybridized carbons (Fsp3) is 0.929. The second-order valence-electron chi connectivity index (χ2n) is 4.88. The quantitative estimate of drug-likeness (QED) is 0.587. The van der Waals surface area contributed by atoms with E-state index >= 15 is 0 Å². The maximum absolute atomic E-state index is 11.6. The first-order valence-electron chi connectivity index (χ1n) is 6.96. The van der Waals surface area contributed by atoms with Gasteiger partial charge in [-0.15, -0.1) is 0 Å². The highest BCUT2D eigenvalue weighted by Crippen LogP contribution is 2.17. The van der Waals surface area contributed by atoms with Crippen molar-refractivity contribution >= 4 is 5.78 Å². The minimum atomic E-state index is 0.369. The number of hydrogen-bond acceptors (Lipinski definition) is 2.